The molecule has 0 saturated carbocycles. The van der Waals surface area contributed by atoms with Gasteiger partial charge in [-0.05, 0) is 36.4 Å². The molecule has 154 valence electrons. The number of aromatic nitrogens is 1. The maximum absolute atomic E-state index is 13.1. The van der Waals surface area contributed by atoms with Crippen molar-refractivity contribution in [1.29, 1.82) is 0 Å². The quantitative estimate of drug-likeness (QED) is 0.371. The van der Waals surface area contributed by atoms with Crippen LogP contribution < -0.4 is 10.6 Å². The minimum atomic E-state index is -0.000442. The average molecular weight is 400 g/mol. The Labute approximate surface area is 177 Å². The lowest BCUT2D eigenvalue weighted by Gasteiger charge is -2.13. The monoisotopic (exact) mass is 399 g/mol. The highest BCUT2D eigenvalue weighted by Gasteiger charge is 2.19. The summed E-state index contributed by atoms with van der Waals surface area (Å²) in [4.78, 5) is 13.1. The summed E-state index contributed by atoms with van der Waals surface area (Å²) < 4.78 is 2.18. The van der Waals surface area contributed by atoms with Gasteiger partial charge in [0.05, 0.1) is 0 Å². The van der Waals surface area contributed by atoms with Crippen molar-refractivity contribution >= 4 is 33.3 Å². The van der Waals surface area contributed by atoms with E-state index in [1.165, 1.54) is 10.8 Å². The highest BCUT2D eigenvalue weighted by Crippen LogP contribution is 2.26. The number of amides is 1. The Bertz CT molecular complexity index is 1170. The molecule has 4 rings (SSSR count). The fourth-order valence-electron chi connectivity index (χ4n) is 4.15. The summed E-state index contributed by atoms with van der Waals surface area (Å²) in [5, 5.41) is 10.1. The molecule has 1 amide bonds. The second-order valence-corrected chi connectivity index (χ2v) is 7.71. The molecule has 1 aromatic heterocycles. The topological polar surface area (TPSA) is 46.1 Å². The van der Waals surface area contributed by atoms with Gasteiger partial charge >= 0.3 is 0 Å². The largest absolute Gasteiger partial charge is 0.383 e. The number of carbonyl (C=O) groups is 1. The number of nitrogens with zero attached hydrogens (tertiary/aromatic N) is 1. The third kappa shape index (κ3) is 3.90. The Morgan fingerprint density at radius 1 is 0.900 bits per heavy atom. The molecule has 4 aromatic rings. The van der Waals surface area contributed by atoms with Crippen LogP contribution in [-0.4, -0.2) is 23.6 Å². The maximum atomic E-state index is 13.1. The molecule has 0 aliphatic carbocycles. The molecule has 0 radical (unpaired) electrons. The first-order valence-electron chi connectivity index (χ1n) is 10.8. The highest BCUT2D eigenvalue weighted by atomic mass is 16.1. The molecule has 0 unspecified atom stereocenters. The number of fused-ring (bicyclic) bond motifs is 2. The summed E-state index contributed by atoms with van der Waals surface area (Å²) in [7, 11) is 0. The van der Waals surface area contributed by atoms with Crippen molar-refractivity contribution in [2.75, 3.05) is 18.4 Å². The number of unbranched alkanes of at least 4 members (excludes halogenated alkanes) is 1. The second-order valence-electron chi connectivity index (χ2n) is 7.71. The number of rotatable bonds is 8. The van der Waals surface area contributed by atoms with Gasteiger partial charge in [-0.2, -0.15) is 0 Å². The van der Waals surface area contributed by atoms with Crippen molar-refractivity contribution in [2.45, 2.75) is 33.2 Å². The van der Waals surface area contributed by atoms with Gasteiger partial charge in [-0.25, -0.2) is 0 Å². The van der Waals surface area contributed by atoms with Gasteiger partial charge in [0.2, 0.25) is 0 Å². The third-order valence-electron chi connectivity index (χ3n) is 5.69. The van der Waals surface area contributed by atoms with Crippen LogP contribution in [0.3, 0.4) is 0 Å². The summed E-state index contributed by atoms with van der Waals surface area (Å²) in [6, 6.07) is 22.9. The van der Waals surface area contributed by atoms with Gasteiger partial charge in [-0.1, -0.05) is 67.9 Å². The molecule has 0 aliphatic rings. The van der Waals surface area contributed by atoms with Gasteiger partial charge < -0.3 is 15.2 Å². The van der Waals surface area contributed by atoms with E-state index in [1.807, 2.05) is 31.2 Å². The van der Waals surface area contributed by atoms with E-state index in [2.05, 4.69) is 64.6 Å². The lowest BCUT2D eigenvalue weighted by Crippen LogP contribution is -2.31. The number of carbonyl (C=O) groups excluding carboxylic acids is 1. The van der Waals surface area contributed by atoms with E-state index < -0.39 is 0 Å². The zero-order chi connectivity index (χ0) is 20.9. The van der Waals surface area contributed by atoms with Crippen LogP contribution >= 0.6 is 0 Å². The molecule has 0 atom stereocenters. The molecule has 0 spiro atoms. The predicted molar refractivity (Wildman–Crippen MR) is 126 cm³/mol. The average Bonchev–Trinajstić information content (AvgIpc) is 3.07. The molecule has 4 nitrogen and oxygen atoms in total. The molecule has 0 saturated heterocycles. The number of aryl methyl sites for hydroxylation is 2. The summed E-state index contributed by atoms with van der Waals surface area (Å²) in [5.41, 5.74) is 4.08. The summed E-state index contributed by atoms with van der Waals surface area (Å²) >= 11 is 0. The zero-order valence-electron chi connectivity index (χ0n) is 17.7. The van der Waals surface area contributed by atoms with Crippen LogP contribution in [0.2, 0.25) is 0 Å². The van der Waals surface area contributed by atoms with Crippen LogP contribution in [-0.2, 0) is 6.54 Å². The molecule has 4 heteroatoms. The van der Waals surface area contributed by atoms with Crippen molar-refractivity contribution in [3.63, 3.8) is 0 Å². The van der Waals surface area contributed by atoms with Gasteiger partial charge in [0.15, 0.2) is 0 Å². The van der Waals surface area contributed by atoms with Crippen LogP contribution in [0.25, 0.3) is 21.7 Å². The van der Waals surface area contributed by atoms with Crippen molar-refractivity contribution in [3.05, 3.63) is 78.0 Å². The Balaban J connectivity index is 1.46. The fourth-order valence-corrected chi connectivity index (χ4v) is 4.15. The number of para-hydroxylation sites is 1. The molecule has 0 bridgehead atoms. The molecule has 30 heavy (non-hydrogen) atoms. The standard InChI is InChI=1S/C26H29N3O/c1-3-4-18-29-24-15-8-7-12-21(24)19(2)25(29)26(30)28-17-16-27-23-14-9-11-20-10-5-6-13-22(20)23/h5-15,27H,3-4,16-18H2,1-2H3,(H,28,30). The van der Waals surface area contributed by atoms with Crippen LogP contribution in [0.15, 0.2) is 66.7 Å². The summed E-state index contributed by atoms with van der Waals surface area (Å²) in [6.07, 6.45) is 2.16. The van der Waals surface area contributed by atoms with Gasteiger partial charge in [-0.15, -0.1) is 0 Å². The molecule has 0 aliphatic heterocycles. The normalized spacial score (nSPS) is 11.1. The molecule has 1 heterocycles. The van der Waals surface area contributed by atoms with Gasteiger partial charge in [0.1, 0.15) is 5.69 Å². The minimum absolute atomic E-state index is 0.000442. The number of anilines is 1. The summed E-state index contributed by atoms with van der Waals surface area (Å²) in [5.74, 6) is -0.000442. The SMILES string of the molecule is CCCCn1c(C(=O)NCCNc2cccc3ccccc23)c(C)c2ccccc21. The number of hydrogen-bond acceptors (Lipinski definition) is 2. The first-order chi connectivity index (χ1) is 14.7. The van der Waals surface area contributed by atoms with Crippen LogP contribution in [0, 0.1) is 6.92 Å². The second kappa shape index (κ2) is 9.04. The molecular formula is C26H29N3O. The Morgan fingerprint density at radius 2 is 1.63 bits per heavy atom. The number of benzene rings is 3. The fraction of sp³-hybridized carbons (Fsp3) is 0.269. The van der Waals surface area contributed by atoms with Crippen LogP contribution in [0.1, 0.15) is 35.8 Å². The van der Waals surface area contributed by atoms with E-state index in [9.17, 15) is 4.79 Å². The smallest absolute Gasteiger partial charge is 0.268 e. The zero-order valence-corrected chi connectivity index (χ0v) is 17.7. The number of hydrogen-bond donors (Lipinski definition) is 2. The highest BCUT2D eigenvalue weighted by molar-refractivity contribution is 6.01. The minimum Gasteiger partial charge on any atom is -0.383 e. The summed E-state index contributed by atoms with van der Waals surface area (Å²) in [6.45, 7) is 6.33. The van der Waals surface area contributed by atoms with E-state index in [4.69, 9.17) is 0 Å². The van der Waals surface area contributed by atoms with Gasteiger partial charge in [-0.3, -0.25) is 4.79 Å². The maximum Gasteiger partial charge on any atom is 0.268 e. The lowest BCUT2D eigenvalue weighted by molar-refractivity contribution is 0.0945. The third-order valence-corrected chi connectivity index (χ3v) is 5.69. The predicted octanol–water partition coefficient (Wildman–Crippen LogP) is 5.74. The molecular weight excluding hydrogens is 370 g/mol. The van der Waals surface area contributed by atoms with Crippen LogP contribution in [0.5, 0.6) is 0 Å². The van der Waals surface area contributed by atoms with E-state index >= 15 is 0 Å². The van der Waals surface area contributed by atoms with Gasteiger partial charge in [0.25, 0.3) is 5.91 Å². The van der Waals surface area contributed by atoms with Crippen molar-refractivity contribution in [2.24, 2.45) is 0 Å². The van der Waals surface area contributed by atoms with Crippen LogP contribution in [0.4, 0.5) is 5.69 Å². The Morgan fingerprint density at radius 3 is 2.47 bits per heavy atom. The van der Waals surface area contributed by atoms with Crippen molar-refractivity contribution in [1.82, 2.24) is 9.88 Å². The first kappa shape index (κ1) is 20.0. The van der Waals surface area contributed by atoms with E-state index in [1.54, 1.807) is 0 Å². The Hall–Kier alpha value is -3.27. The van der Waals surface area contributed by atoms with Crippen molar-refractivity contribution < 1.29 is 4.79 Å². The molecule has 3 aromatic carbocycles. The number of nitrogens with one attached hydrogen (secondary N) is 2. The van der Waals surface area contributed by atoms with Crippen molar-refractivity contribution in [3.8, 4) is 0 Å². The van der Waals surface area contributed by atoms with Gasteiger partial charge in [0, 0.05) is 41.6 Å². The van der Waals surface area contributed by atoms with E-state index in [0.717, 1.165) is 47.2 Å². The van der Waals surface area contributed by atoms with E-state index in [0.29, 0.717) is 13.1 Å². The molecule has 2 N–H and O–H groups in total. The van der Waals surface area contributed by atoms with E-state index in [-0.39, 0.29) is 5.91 Å². The Kier molecular flexibility index (Phi) is 6.03. The first-order valence-corrected chi connectivity index (χ1v) is 10.8. The lowest BCUT2D eigenvalue weighted by atomic mass is 10.1. The molecule has 0 fully saturated rings.